The summed E-state index contributed by atoms with van der Waals surface area (Å²) < 4.78 is 30.3. The number of ether oxygens (including phenoxy) is 1. The maximum absolute atomic E-state index is 12.6. The van der Waals surface area contributed by atoms with Gasteiger partial charge in [0.1, 0.15) is 0 Å². The Kier molecular flexibility index (Phi) is 6.23. The van der Waals surface area contributed by atoms with E-state index >= 15 is 0 Å². The Morgan fingerprint density at radius 1 is 1.11 bits per heavy atom. The van der Waals surface area contributed by atoms with Crippen LogP contribution in [-0.2, 0) is 14.8 Å². The molecule has 1 aromatic carbocycles. The summed E-state index contributed by atoms with van der Waals surface area (Å²) >= 11 is 0. The van der Waals surface area contributed by atoms with Crippen LogP contribution >= 0.6 is 0 Å². The molecule has 2 heterocycles. The lowest BCUT2D eigenvalue weighted by Gasteiger charge is -2.44. The number of nitrogens with one attached hydrogen (secondary N) is 2. The smallest absolute Gasteiger partial charge is 0.322 e. The molecule has 3 rings (SSSR count). The molecule has 2 aliphatic heterocycles. The number of urea groups is 1. The average Bonchev–Trinajstić information content (AvgIpc) is 2.62. The number of amides is 2. The van der Waals surface area contributed by atoms with E-state index in [2.05, 4.69) is 21.9 Å². The molecule has 1 atom stereocenters. The van der Waals surface area contributed by atoms with E-state index in [1.807, 2.05) is 4.90 Å². The van der Waals surface area contributed by atoms with E-state index in [-0.39, 0.29) is 12.1 Å². The van der Waals surface area contributed by atoms with Crippen LogP contribution in [0.25, 0.3) is 0 Å². The molecule has 2 saturated heterocycles. The molecule has 27 heavy (non-hydrogen) atoms. The van der Waals surface area contributed by atoms with Crippen molar-refractivity contribution in [3.8, 4) is 0 Å². The van der Waals surface area contributed by atoms with Crippen LogP contribution in [0.2, 0.25) is 0 Å². The first-order chi connectivity index (χ1) is 12.8. The summed E-state index contributed by atoms with van der Waals surface area (Å²) in [7, 11) is -3.31. The van der Waals surface area contributed by atoms with Crippen LogP contribution in [0.5, 0.6) is 0 Å². The highest BCUT2D eigenvalue weighted by Crippen LogP contribution is 2.20. The predicted octanol–water partition coefficient (Wildman–Crippen LogP) is 1.78. The van der Waals surface area contributed by atoms with Crippen molar-refractivity contribution in [1.29, 1.82) is 0 Å². The number of piperazine rings is 1. The number of sulfonamides is 1. The monoisotopic (exact) mass is 396 g/mol. The minimum atomic E-state index is -3.31. The van der Waals surface area contributed by atoms with E-state index in [0.29, 0.717) is 24.0 Å². The lowest BCUT2D eigenvalue weighted by Crippen LogP contribution is -2.58. The minimum absolute atomic E-state index is 0.127. The van der Waals surface area contributed by atoms with Crippen LogP contribution in [0, 0.1) is 0 Å². The Morgan fingerprint density at radius 2 is 1.74 bits per heavy atom. The first-order valence-corrected chi connectivity index (χ1v) is 11.2. The molecular formula is C18H28N4O4S. The normalized spacial score (nSPS) is 22.4. The van der Waals surface area contributed by atoms with Gasteiger partial charge in [-0.15, -0.1) is 0 Å². The summed E-state index contributed by atoms with van der Waals surface area (Å²) in [6.07, 6.45) is 3.23. The van der Waals surface area contributed by atoms with Crippen molar-refractivity contribution in [3.05, 3.63) is 24.3 Å². The third kappa shape index (κ3) is 5.57. The van der Waals surface area contributed by atoms with Crippen LogP contribution in [0.3, 0.4) is 0 Å². The molecule has 0 saturated carbocycles. The highest BCUT2D eigenvalue weighted by molar-refractivity contribution is 7.92. The van der Waals surface area contributed by atoms with Gasteiger partial charge in [-0.05, 0) is 44.0 Å². The zero-order valence-electron chi connectivity index (χ0n) is 15.8. The van der Waals surface area contributed by atoms with Gasteiger partial charge in [0.25, 0.3) is 0 Å². The van der Waals surface area contributed by atoms with Gasteiger partial charge < -0.3 is 15.0 Å². The van der Waals surface area contributed by atoms with Gasteiger partial charge in [0.05, 0.1) is 6.26 Å². The molecule has 2 N–H and O–H groups in total. The van der Waals surface area contributed by atoms with Crippen LogP contribution in [0.1, 0.15) is 19.8 Å². The number of anilines is 2. The lowest BCUT2D eigenvalue weighted by molar-refractivity contribution is 0.00816. The number of nitrogens with zero attached hydrogens (tertiary/aromatic N) is 2. The van der Waals surface area contributed by atoms with Crippen LogP contribution < -0.4 is 10.0 Å². The Morgan fingerprint density at radius 3 is 2.33 bits per heavy atom. The van der Waals surface area contributed by atoms with Crippen molar-refractivity contribution in [2.45, 2.75) is 31.8 Å². The van der Waals surface area contributed by atoms with Gasteiger partial charge >= 0.3 is 6.03 Å². The molecule has 0 radical (unpaired) electrons. The largest absolute Gasteiger partial charge is 0.381 e. The van der Waals surface area contributed by atoms with Crippen molar-refractivity contribution in [1.82, 2.24) is 9.80 Å². The third-order valence-electron chi connectivity index (χ3n) is 5.07. The standard InChI is InChI=1S/C18H28N4O4S/c1-14-13-21(17-7-11-26-12-8-17)9-10-22(14)18(23)19-15-3-5-16(6-4-15)20-27(2,24)25/h3-6,14,17,20H,7-13H2,1-2H3,(H,19,23)/t14-/m1/s1. The molecule has 150 valence electrons. The molecule has 0 spiro atoms. The highest BCUT2D eigenvalue weighted by atomic mass is 32.2. The van der Waals surface area contributed by atoms with E-state index in [4.69, 9.17) is 4.74 Å². The molecule has 9 heteroatoms. The summed E-state index contributed by atoms with van der Waals surface area (Å²) in [4.78, 5) is 17.0. The van der Waals surface area contributed by atoms with E-state index in [0.717, 1.165) is 45.4 Å². The van der Waals surface area contributed by atoms with Crippen molar-refractivity contribution in [2.75, 3.05) is 49.1 Å². The quantitative estimate of drug-likeness (QED) is 0.810. The molecule has 2 fully saturated rings. The van der Waals surface area contributed by atoms with E-state index in [9.17, 15) is 13.2 Å². The fourth-order valence-electron chi connectivity index (χ4n) is 3.70. The van der Waals surface area contributed by atoms with Crippen molar-refractivity contribution in [2.24, 2.45) is 0 Å². The maximum Gasteiger partial charge on any atom is 0.322 e. The fourth-order valence-corrected chi connectivity index (χ4v) is 4.26. The molecular weight excluding hydrogens is 368 g/mol. The highest BCUT2D eigenvalue weighted by Gasteiger charge is 2.31. The summed E-state index contributed by atoms with van der Waals surface area (Å²) in [6.45, 7) is 6.16. The summed E-state index contributed by atoms with van der Waals surface area (Å²) in [5.41, 5.74) is 1.10. The number of hydrogen-bond donors (Lipinski definition) is 2. The van der Waals surface area contributed by atoms with Crippen LogP contribution in [0.4, 0.5) is 16.2 Å². The van der Waals surface area contributed by atoms with Gasteiger partial charge in [-0.25, -0.2) is 13.2 Å². The number of benzene rings is 1. The topological polar surface area (TPSA) is 91.0 Å². The molecule has 0 bridgehead atoms. The second kappa shape index (κ2) is 8.45. The maximum atomic E-state index is 12.6. The second-order valence-electron chi connectivity index (χ2n) is 7.26. The average molecular weight is 397 g/mol. The Labute approximate surface area is 160 Å². The predicted molar refractivity (Wildman–Crippen MR) is 106 cm³/mol. The number of carbonyl (C=O) groups excluding carboxylic acids is 1. The van der Waals surface area contributed by atoms with Crippen molar-refractivity contribution in [3.63, 3.8) is 0 Å². The van der Waals surface area contributed by atoms with Gasteiger partial charge in [0.15, 0.2) is 0 Å². The summed E-state index contributed by atoms with van der Waals surface area (Å²) in [5, 5.41) is 2.90. The summed E-state index contributed by atoms with van der Waals surface area (Å²) in [6, 6.07) is 7.20. The lowest BCUT2D eigenvalue weighted by atomic mass is 10.0. The van der Waals surface area contributed by atoms with Gasteiger partial charge in [0.2, 0.25) is 10.0 Å². The van der Waals surface area contributed by atoms with E-state index in [1.54, 1.807) is 24.3 Å². The minimum Gasteiger partial charge on any atom is -0.381 e. The number of hydrogen-bond acceptors (Lipinski definition) is 5. The van der Waals surface area contributed by atoms with Crippen LogP contribution in [-0.4, -0.2) is 75.4 Å². The van der Waals surface area contributed by atoms with E-state index < -0.39 is 10.0 Å². The molecule has 2 aliphatic rings. The zero-order valence-corrected chi connectivity index (χ0v) is 16.7. The third-order valence-corrected chi connectivity index (χ3v) is 5.67. The Bertz CT molecular complexity index is 747. The molecule has 0 aliphatic carbocycles. The second-order valence-corrected chi connectivity index (χ2v) is 9.01. The summed E-state index contributed by atoms with van der Waals surface area (Å²) in [5.74, 6) is 0. The van der Waals surface area contributed by atoms with Gasteiger partial charge in [-0.3, -0.25) is 9.62 Å². The molecule has 8 nitrogen and oxygen atoms in total. The van der Waals surface area contributed by atoms with Gasteiger partial charge in [0, 0.05) is 56.3 Å². The fraction of sp³-hybridized carbons (Fsp3) is 0.611. The molecule has 0 unspecified atom stereocenters. The number of rotatable bonds is 4. The van der Waals surface area contributed by atoms with E-state index in [1.165, 1.54) is 0 Å². The Hall–Kier alpha value is -1.84. The van der Waals surface area contributed by atoms with Gasteiger partial charge in [-0.1, -0.05) is 0 Å². The Balaban J connectivity index is 1.53. The van der Waals surface area contributed by atoms with Crippen molar-refractivity contribution >= 4 is 27.4 Å². The first-order valence-electron chi connectivity index (χ1n) is 9.29. The molecule has 0 aromatic heterocycles. The zero-order chi connectivity index (χ0) is 19.4. The van der Waals surface area contributed by atoms with Gasteiger partial charge in [-0.2, -0.15) is 0 Å². The first kappa shape index (κ1) is 19.9. The van der Waals surface area contributed by atoms with Crippen LogP contribution in [0.15, 0.2) is 24.3 Å². The number of carbonyl (C=O) groups is 1. The molecule has 2 amide bonds. The van der Waals surface area contributed by atoms with Crippen molar-refractivity contribution < 1.29 is 17.9 Å². The SMILES string of the molecule is C[C@@H]1CN(C2CCOCC2)CCN1C(=O)Nc1ccc(NS(C)(=O)=O)cc1. The molecule has 1 aromatic rings.